The number of carbonyl (C=O) groups excluding carboxylic acids is 3. The van der Waals surface area contributed by atoms with Gasteiger partial charge in [-0.2, -0.15) is 0 Å². The van der Waals surface area contributed by atoms with E-state index in [1.54, 1.807) is 52.0 Å². The summed E-state index contributed by atoms with van der Waals surface area (Å²) in [5.74, 6) is -0.556. The Balaban J connectivity index is 2.43. The molecule has 3 amide bonds. The van der Waals surface area contributed by atoms with Crippen LogP contribution in [-0.4, -0.2) is 30.1 Å². The Morgan fingerprint density at radius 1 is 1.16 bits per heavy atom. The van der Waals surface area contributed by atoms with Crippen molar-refractivity contribution in [1.82, 2.24) is 10.6 Å². The summed E-state index contributed by atoms with van der Waals surface area (Å²) in [5.41, 5.74) is 0.851. The van der Waals surface area contributed by atoms with Gasteiger partial charge in [-0.25, -0.2) is 4.79 Å². The maximum absolute atomic E-state index is 11.8. The topological polar surface area (TPSA) is 96.5 Å². The van der Waals surface area contributed by atoms with Gasteiger partial charge >= 0.3 is 6.09 Å². The lowest BCUT2D eigenvalue weighted by Gasteiger charge is -2.19. The SMILES string of the molecule is C/C=C/C(=O)Nc1cccc(CNC(=O)CNC(=O)OC(C)(C)C)c1. The average molecular weight is 347 g/mol. The molecule has 0 saturated carbocycles. The lowest BCUT2D eigenvalue weighted by Crippen LogP contribution is -2.39. The molecule has 0 atom stereocenters. The molecule has 0 unspecified atom stereocenters. The molecule has 1 aromatic carbocycles. The first-order valence-corrected chi connectivity index (χ1v) is 7.96. The Hall–Kier alpha value is -2.83. The molecule has 0 bridgehead atoms. The minimum Gasteiger partial charge on any atom is -0.444 e. The predicted octanol–water partition coefficient (Wildman–Crippen LogP) is 2.34. The first-order chi connectivity index (χ1) is 11.7. The number of hydrogen-bond acceptors (Lipinski definition) is 4. The van der Waals surface area contributed by atoms with Crippen molar-refractivity contribution in [3.05, 3.63) is 42.0 Å². The summed E-state index contributed by atoms with van der Waals surface area (Å²) in [6, 6.07) is 7.14. The molecule has 0 aliphatic rings. The van der Waals surface area contributed by atoms with Crippen molar-refractivity contribution in [1.29, 1.82) is 0 Å². The molecule has 25 heavy (non-hydrogen) atoms. The number of carbonyl (C=O) groups is 3. The molecular weight excluding hydrogens is 322 g/mol. The van der Waals surface area contributed by atoms with Crippen molar-refractivity contribution in [2.45, 2.75) is 39.8 Å². The van der Waals surface area contributed by atoms with Crippen molar-refractivity contribution in [3.8, 4) is 0 Å². The van der Waals surface area contributed by atoms with E-state index in [2.05, 4.69) is 16.0 Å². The number of anilines is 1. The molecule has 136 valence electrons. The molecule has 0 aliphatic heterocycles. The highest BCUT2D eigenvalue weighted by atomic mass is 16.6. The number of amides is 3. The summed E-state index contributed by atoms with van der Waals surface area (Å²) < 4.78 is 5.05. The molecule has 0 aromatic heterocycles. The third-order valence-electron chi connectivity index (χ3n) is 2.79. The Morgan fingerprint density at radius 2 is 1.88 bits per heavy atom. The van der Waals surface area contributed by atoms with E-state index in [-0.39, 0.29) is 24.9 Å². The van der Waals surface area contributed by atoms with Crippen LogP contribution in [0.3, 0.4) is 0 Å². The van der Waals surface area contributed by atoms with Gasteiger partial charge in [0.05, 0.1) is 0 Å². The van der Waals surface area contributed by atoms with Crippen LogP contribution in [0.5, 0.6) is 0 Å². The smallest absolute Gasteiger partial charge is 0.408 e. The second-order valence-corrected chi connectivity index (χ2v) is 6.32. The molecular formula is C18H25N3O4. The molecule has 0 radical (unpaired) electrons. The fourth-order valence-corrected chi connectivity index (χ4v) is 1.82. The van der Waals surface area contributed by atoms with Gasteiger partial charge in [0.2, 0.25) is 11.8 Å². The van der Waals surface area contributed by atoms with Gasteiger partial charge < -0.3 is 20.7 Å². The molecule has 0 fully saturated rings. The summed E-state index contributed by atoms with van der Waals surface area (Å²) in [4.78, 5) is 34.8. The molecule has 0 spiro atoms. The van der Waals surface area contributed by atoms with Crippen molar-refractivity contribution >= 4 is 23.6 Å². The monoisotopic (exact) mass is 347 g/mol. The minimum atomic E-state index is -0.642. The van der Waals surface area contributed by atoms with E-state index >= 15 is 0 Å². The second kappa shape index (κ2) is 9.46. The highest BCUT2D eigenvalue weighted by molar-refractivity contribution is 5.99. The van der Waals surface area contributed by atoms with Gasteiger partial charge in [-0.3, -0.25) is 9.59 Å². The molecule has 1 rings (SSSR count). The average Bonchev–Trinajstić information content (AvgIpc) is 2.50. The van der Waals surface area contributed by atoms with Crippen LogP contribution in [0.25, 0.3) is 0 Å². The third kappa shape index (κ3) is 9.14. The van der Waals surface area contributed by atoms with Crippen LogP contribution in [0.1, 0.15) is 33.3 Å². The first kappa shape index (κ1) is 20.2. The van der Waals surface area contributed by atoms with Crippen LogP contribution in [0.4, 0.5) is 10.5 Å². The van der Waals surface area contributed by atoms with Crippen molar-refractivity contribution in [2.75, 3.05) is 11.9 Å². The fourth-order valence-electron chi connectivity index (χ4n) is 1.82. The summed E-state index contributed by atoms with van der Waals surface area (Å²) in [6.45, 7) is 7.10. The van der Waals surface area contributed by atoms with Gasteiger partial charge in [0.25, 0.3) is 0 Å². The fraction of sp³-hybridized carbons (Fsp3) is 0.389. The maximum atomic E-state index is 11.8. The van der Waals surface area contributed by atoms with E-state index in [1.165, 1.54) is 6.08 Å². The Kier molecular flexibility index (Phi) is 7.65. The lowest BCUT2D eigenvalue weighted by atomic mass is 10.2. The number of hydrogen-bond donors (Lipinski definition) is 3. The molecule has 7 heteroatoms. The summed E-state index contributed by atoms with van der Waals surface area (Å²) in [7, 11) is 0. The van der Waals surface area contributed by atoms with Gasteiger partial charge in [-0.15, -0.1) is 0 Å². The van der Waals surface area contributed by atoms with E-state index in [0.29, 0.717) is 5.69 Å². The van der Waals surface area contributed by atoms with Gasteiger partial charge in [-0.1, -0.05) is 18.2 Å². The summed E-state index contributed by atoms with van der Waals surface area (Å²) in [6.07, 6.45) is 2.43. The number of alkyl carbamates (subject to hydrolysis) is 1. The molecule has 3 N–H and O–H groups in total. The summed E-state index contributed by atoms with van der Waals surface area (Å²) in [5, 5.41) is 7.80. The predicted molar refractivity (Wildman–Crippen MR) is 96.0 cm³/mol. The zero-order valence-corrected chi connectivity index (χ0v) is 15.0. The maximum Gasteiger partial charge on any atom is 0.408 e. The Bertz CT molecular complexity index is 648. The minimum absolute atomic E-state index is 0.174. The number of rotatable bonds is 6. The number of benzene rings is 1. The van der Waals surface area contributed by atoms with Crippen molar-refractivity contribution < 1.29 is 19.1 Å². The van der Waals surface area contributed by atoms with Crippen molar-refractivity contribution in [3.63, 3.8) is 0 Å². The molecule has 1 aromatic rings. The van der Waals surface area contributed by atoms with E-state index in [1.807, 2.05) is 6.07 Å². The molecule has 7 nitrogen and oxygen atoms in total. The summed E-state index contributed by atoms with van der Waals surface area (Å²) >= 11 is 0. The van der Waals surface area contributed by atoms with Gasteiger partial charge in [-0.05, 0) is 51.5 Å². The van der Waals surface area contributed by atoms with Crippen LogP contribution in [0.15, 0.2) is 36.4 Å². The van der Waals surface area contributed by atoms with Gasteiger partial charge in [0.1, 0.15) is 12.1 Å². The van der Waals surface area contributed by atoms with Gasteiger partial charge in [0.15, 0.2) is 0 Å². The Morgan fingerprint density at radius 3 is 2.52 bits per heavy atom. The highest BCUT2D eigenvalue weighted by Crippen LogP contribution is 2.10. The van der Waals surface area contributed by atoms with Crippen LogP contribution < -0.4 is 16.0 Å². The highest BCUT2D eigenvalue weighted by Gasteiger charge is 2.16. The van der Waals surface area contributed by atoms with E-state index in [0.717, 1.165) is 5.56 Å². The number of ether oxygens (including phenoxy) is 1. The molecule has 0 aliphatic carbocycles. The molecule has 0 heterocycles. The zero-order valence-electron chi connectivity index (χ0n) is 15.0. The van der Waals surface area contributed by atoms with Crippen LogP contribution >= 0.6 is 0 Å². The van der Waals surface area contributed by atoms with E-state index < -0.39 is 11.7 Å². The zero-order chi connectivity index (χ0) is 18.9. The van der Waals surface area contributed by atoms with Crippen molar-refractivity contribution in [2.24, 2.45) is 0 Å². The standard InChI is InChI=1S/C18H25N3O4/c1-5-7-15(22)21-14-9-6-8-13(10-14)11-19-16(23)12-20-17(24)25-18(2,3)4/h5-10H,11-12H2,1-4H3,(H,19,23)(H,20,24)(H,21,22)/b7-5+. The number of allylic oxidation sites excluding steroid dienone is 1. The van der Waals surface area contributed by atoms with E-state index in [9.17, 15) is 14.4 Å². The normalized spacial score (nSPS) is 11.0. The van der Waals surface area contributed by atoms with E-state index in [4.69, 9.17) is 4.74 Å². The Labute approximate surface area is 147 Å². The molecule has 0 saturated heterocycles. The lowest BCUT2D eigenvalue weighted by molar-refractivity contribution is -0.120. The van der Waals surface area contributed by atoms with Crippen LogP contribution in [-0.2, 0) is 20.9 Å². The quantitative estimate of drug-likeness (QED) is 0.688. The first-order valence-electron chi connectivity index (χ1n) is 7.96. The van der Waals surface area contributed by atoms with Crippen LogP contribution in [0, 0.1) is 0 Å². The van der Waals surface area contributed by atoms with Gasteiger partial charge in [0, 0.05) is 12.2 Å². The number of nitrogens with one attached hydrogen (secondary N) is 3. The third-order valence-corrected chi connectivity index (χ3v) is 2.79. The largest absolute Gasteiger partial charge is 0.444 e. The second-order valence-electron chi connectivity index (χ2n) is 6.32. The van der Waals surface area contributed by atoms with Crippen LogP contribution in [0.2, 0.25) is 0 Å².